The van der Waals surface area contributed by atoms with Crippen molar-refractivity contribution in [3.05, 3.63) is 23.8 Å². The molecule has 0 amide bonds. The van der Waals surface area contributed by atoms with Crippen LogP contribution in [0.5, 0.6) is 0 Å². The van der Waals surface area contributed by atoms with Crippen LogP contribution in [0.15, 0.2) is 23.8 Å². The molecule has 0 bridgehead atoms. The molecule has 1 heteroatoms. The predicted octanol–water partition coefficient (Wildman–Crippen LogP) is 2.63. The van der Waals surface area contributed by atoms with Crippen LogP contribution in [0.1, 0.15) is 32.6 Å². The van der Waals surface area contributed by atoms with Crippen molar-refractivity contribution < 1.29 is 4.79 Å². The summed E-state index contributed by atoms with van der Waals surface area (Å²) in [6.45, 7) is 1.65. The molecular formula is C10H14O. The lowest BCUT2D eigenvalue weighted by atomic mass is 10.1. The number of Topliss-reactive ketones (excluding diaryl/α,β-unsaturated/α-hetero) is 1. The monoisotopic (exact) mass is 150 g/mol. The molecule has 1 rings (SSSR count). The van der Waals surface area contributed by atoms with Crippen molar-refractivity contribution in [1.29, 1.82) is 0 Å². The summed E-state index contributed by atoms with van der Waals surface area (Å²) >= 11 is 0. The van der Waals surface area contributed by atoms with Crippen molar-refractivity contribution in [2.75, 3.05) is 0 Å². The van der Waals surface area contributed by atoms with E-state index in [2.05, 4.69) is 18.2 Å². The number of carbonyl (C=O) groups is 1. The molecule has 0 radical (unpaired) electrons. The zero-order valence-corrected chi connectivity index (χ0v) is 6.97. The Hall–Kier alpha value is -0.850. The molecule has 0 aromatic carbocycles. The van der Waals surface area contributed by atoms with E-state index in [1.165, 1.54) is 5.57 Å². The van der Waals surface area contributed by atoms with Gasteiger partial charge in [-0.15, -0.1) is 0 Å². The van der Waals surface area contributed by atoms with Gasteiger partial charge in [-0.25, -0.2) is 0 Å². The first kappa shape index (κ1) is 8.25. The maximum absolute atomic E-state index is 10.6. The van der Waals surface area contributed by atoms with Gasteiger partial charge in [0.25, 0.3) is 0 Å². The van der Waals surface area contributed by atoms with Gasteiger partial charge in [0.2, 0.25) is 0 Å². The molecule has 0 heterocycles. The third-order valence-electron chi connectivity index (χ3n) is 1.87. The average Bonchev–Trinajstić information content (AvgIpc) is 2.39. The van der Waals surface area contributed by atoms with E-state index in [9.17, 15) is 4.79 Å². The summed E-state index contributed by atoms with van der Waals surface area (Å²) in [5.74, 6) is 0.302. The van der Waals surface area contributed by atoms with Gasteiger partial charge in [-0.2, -0.15) is 0 Å². The summed E-state index contributed by atoms with van der Waals surface area (Å²) < 4.78 is 0. The molecule has 1 nitrogen and oxygen atoms in total. The fourth-order valence-electron chi connectivity index (χ4n) is 1.24. The molecule has 0 spiro atoms. The van der Waals surface area contributed by atoms with Crippen LogP contribution in [0.2, 0.25) is 0 Å². The molecule has 1 aliphatic rings. The highest BCUT2D eigenvalue weighted by Crippen LogP contribution is 2.16. The molecule has 60 valence electrons. The summed E-state index contributed by atoms with van der Waals surface area (Å²) in [5, 5.41) is 0. The van der Waals surface area contributed by atoms with Crippen molar-refractivity contribution in [3.8, 4) is 0 Å². The van der Waals surface area contributed by atoms with E-state index < -0.39 is 0 Å². The van der Waals surface area contributed by atoms with Gasteiger partial charge < -0.3 is 4.79 Å². The first-order chi connectivity index (χ1) is 5.29. The maximum Gasteiger partial charge on any atom is 0.129 e. The van der Waals surface area contributed by atoms with Crippen molar-refractivity contribution in [3.63, 3.8) is 0 Å². The number of carbonyl (C=O) groups excluding carboxylic acids is 1. The van der Waals surface area contributed by atoms with Crippen LogP contribution in [0, 0.1) is 0 Å². The second kappa shape index (κ2) is 4.12. The summed E-state index contributed by atoms with van der Waals surface area (Å²) in [4.78, 5) is 10.6. The Morgan fingerprint density at radius 3 is 3.00 bits per heavy atom. The zero-order chi connectivity index (χ0) is 8.10. The Kier molecular flexibility index (Phi) is 3.09. The largest absolute Gasteiger partial charge is 0.300 e. The van der Waals surface area contributed by atoms with Gasteiger partial charge in [0.05, 0.1) is 0 Å². The van der Waals surface area contributed by atoms with Crippen LogP contribution in [-0.2, 0) is 4.79 Å². The first-order valence-electron chi connectivity index (χ1n) is 4.13. The van der Waals surface area contributed by atoms with Crippen LogP contribution >= 0.6 is 0 Å². The summed E-state index contributed by atoms with van der Waals surface area (Å²) in [5.41, 5.74) is 1.46. The molecule has 0 aromatic heterocycles. The van der Waals surface area contributed by atoms with E-state index in [1.54, 1.807) is 6.92 Å². The molecular weight excluding hydrogens is 136 g/mol. The van der Waals surface area contributed by atoms with E-state index in [4.69, 9.17) is 0 Å². The van der Waals surface area contributed by atoms with Crippen molar-refractivity contribution in [1.82, 2.24) is 0 Å². The summed E-state index contributed by atoms with van der Waals surface area (Å²) in [6, 6.07) is 0. The van der Waals surface area contributed by atoms with Gasteiger partial charge in [-0.3, -0.25) is 0 Å². The van der Waals surface area contributed by atoms with Crippen LogP contribution in [0.3, 0.4) is 0 Å². The predicted molar refractivity (Wildman–Crippen MR) is 46.4 cm³/mol. The third kappa shape index (κ3) is 3.17. The van der Waals surface area contributed by atoms with E-state index in [-0.39, 0.29) is 0 Å². The molecule has 0 aromatic rings. The fourth-order valence-corrected chi connectivity index (χ4v) is 1.24. The normalized spacial score (nSPS) is 15.2. The standard InChI is InChI=1S/C10H14O/c1-9(11)5-4-8-10-6-2-3-7-10/h2-3,6H,4-5,7-8H2,1H3. The third-order valence-corrected chi connectivity index (χ3v) is 1.87. The number of hydrogen-bond acceptors (Lipinski definition) is 1. The molecule has 1 aliphatic carbocycles. The minimum atomic E-state index is 0.302. The van der Waals surface area contributed by atoms with Gasteiger partial charge in [0.1, 0.15) is 5.78 Å². The molecule has 0 N–H and O–H groups in total. The Balaban J connectivity index is 2.09. The minimum absolute atomic E-state index is 0.302. The highest BCUT2D eigenvalue weighted by molar-refractivity contribution is 5.75. The van der Waals surface area contributed by atoms with E-state index >= 15 is 0 Å². The number of allylic oxidation sites excluding steroid dienone is 4. The Morgan fingerprint density at radius 1 is 1.64 bits per heavy atom. The fraction of sp³-hybridized carbons (Fsp3) is 0.500. The van der Waals surface area contributed by atoms with Crippen LogP contribution < -0.4 is 0 Å². The Morgan fingerprint density at radius 2 is 2.45 bits per heavy atom. The van der Waals surface area contributed by atoms with Gasteiger partial charge in [-0.1, -0.05) is 23.8 Å². The van der Waals surface area contributed by atoms with Gasteiger partial charge >= 0.3 is 0 Å². The second-order valence-electron chi connectivity index (χ2n) is 3.01. The van der Waals surface area contributed by atoms with Crippen LogP contribution in [0.25, 0.3) is 0 Å². The summed E-state index contributed by atoms with van der Waals surface area (Å²) in [6.07, 6.45) is 10.3. The van der Waals surface area contributed by atoms with Crippen molar-refractivity contribution >= 4 is 5.78 Å². The molecule has 0 saturated heterocycles. The quantitative estimate of drug-likeness (QED) is 0.602. The van der Waals surface area contributed by atoms with E-state index in [1.807, 2.05) is 0 Å². The number of ketones is 1. The Labute approximate surface area is 67.8 Å². The molecule has 0 atom stereocenters. The zero-order valence-electron chi connectivity index (χ0n) is 6.97. The molecule has 0 saturated carbocycles. The highest BCUT2D eigenvalue weighted by atomic mass is 16.1. The van der Waals surface area contributed by atoms with Gasteiger partial charge in [0, 0.05) is 6.42 Å². The van der Waals surface area contributed by atoms with Crippen molar-refractivity contribution in [2.24, 2.45) is 0 Å². The van der Waals surface area contributed by atoms with E-state index in [0.717, 1.165) is 25.7 Å². The lowest BCUT2D eigenvalue weighted by Gasteiger charge is -1.98. The number of hydrogen-bond donors (Lipinski definition) is 0. The highest BCUT2D eigenvalue weighted by Gasteiger charge is 1.99. The van der Waals surface area contributed by atoms with Gasteiger partial charge in [0.15, 0.2) is 0 Å². The maximum atomic E-state index is 10.6. The molecule has 0 aliphatic heterocycles. The number of rotatable bonds is 4. The topological polar surface area (TPSA) is 17.1 Å². The molecule has 0 fully saturated rings. The Bertz CT molecular complexity index is 199. The minimum Gasteiger partial charge on any atom is -0.300 e. The second-order valence-corrected chi connectivity index (χ2v) is 3.01. The van der Waals surface area contributed by atoms with Crippen LogP contribution in [0.4, 0.5) is 0 Å². The summed E-state index contributed by atoms with van der Waals surface area (Å²) in [7, 11) is 0. The lowest BCUT2D eigenvalue weighted by molar-refractivity contribution is -0.117. The average molecular weight is 150 g/mol. The lowest BCUT2D eigenvalue weighted by Crippen LogP contribution is -1.89. The molecule has 11 heavy (non-hydrogen) atoms. The van der Waals surface area contributed by atoms with Gasteiger partial charge in [-0.05, 0) is 26.2 Å². The first-order valence-corrected chi connectivity index (χ1v) is 4.13. The molecule has 0 unspecified atom stereocenters. The van der Waals surface area contributed by atoms with E-state index in [0.29, 0.717) is 5.78 Å². The van der Waals surface area contributed by atoms with Crippen LogP contribution in [-0.4, -0.2) is 5.78 Å². The smallest absolute Gasteiger partial charge is 0.129 e. The van der Waals surface area contributed by atoms with Crippen molar-refractivity contribution in [2.45, 2.75) is 32.6 Å². The SMILES string of the molecule is CC(=O)CCCC1=CC=CC1.